The molecule has 6 heteroatoms. The topological polar surface area (TPSA) is 91.3 Å². The van der Waals surface area contributed by atoms with Gasteiger partial charge in [0.25, 0.3) is 0 Å². The molecule has 0 aliphatic carbocycles. The Morgan fingerprint density at radius 3 is 2.83 bits per heavy atom. The molecule has 0 aliphatic rings. The highest BCUT2D eigenvalue weighted by molar-refractivity contribution is 5.73. The summed E-state index contributed by atoms with van der Waals surface area (Å²) >= 11 is 0. The number of nitrogens with zero attached hydrogens (tertiary/aromatic N) is 1. The van der Waals surface area contributed by atoms with Crippen LogP contribution in [0.2, 0.25) is 0 Å². The van der Waals surface area contributed by atoms with Crippen LogP contribution in [0.15, 0.2) is 18.3 Å². The van der Waals surface area contributed by atoms with Crippen molar-refractivity contribution >= 4 is 12.0 Å². The zero-order valence-corrected chi connectivity index (χ0v) is 10.3. The number of amides is 2. The van der Waals surface area contributed by atoms with Crippen molar-refractivity contribution in [3.8, 4) is 0 Å². The van der Waals surface area contributed by atoms with Gasteiger partial charge in [-0.15, -0.1) is 0 Å². The summed E-state index contributed by atoms with van der Waals surface area (Å²) in [7, 11) is 0. The molecule has 0 spiro atoms. The Morgan fingerprint density at radius 2 is 2.17 bits per heavy atom. The van der Waals surface area contributed by atoms with Crippen molar-refractivity contribution in [2.75, 3.05) is 6.54 Å². The van der Waals surface area contributed by atoms with Gasteiger partial charge in [-0.25, -0.2) is 4.79 Å². The number of carboxylic acids is 1. The fraction of sp³-hybridized carbons (Fsp3) is 0.417. The second-order valence-electron chi connectivity index (χ2n) is 3.87. The van der Waals surface area contributed by atoms with Crippen LogP contribution in [0.3, 0.4) is 0 Å². The lowest BCUT2D eigenvalue weighted by atomic mass is 10.2. The van der Waals surface area contributed by atoms with Gasteiger partial charge in [0.2, 0.25) is 0 Å². The number of carbonyl (C=O) groups excluding carboxylic acids is 1. The summed E-state index contributed by atoms with van der Waals surface area (Å²) in [6.45, 7) is 2.63. The van der Waals surface area contributed by atoms with E-state index in [-0.39, 0.29) is 12.5 Å². The van der Waals surface area contributed by atoms with E-state index >= 15 is 0 Å². The molecule has 0 saturated carbocycles. The Labute approximate surface area is 105 Å². The SMILES string of the molecule is Cc1cccnc1CNC(=O)NCCCC(=O)O. The molecule has 0 saturated heterocycles. The van der Waals surface area contributed by atoms with Gasteiger partial charge in [-0.3, -0.25) is 9.78 Å². The minimum atomic E-state index is -0.860. The highest BCUT2D eigenvalue weighted by atomic mass is 16.4. The zero-order valence-electron chi connectivity index (χ0n) is 10.3. The Balaban J connectivity index is 2.21. The van der Waals surface area contributed by atoms with Crippen molar-refractivity contribution in [3.63, 3.8) is 0 Å². The molecular weight excluding hydrogens is 234 g/mol. The maximum absolute atomic E-state index is 11.4. The van der Waals surface area contributed by atoms with Crippen LogP contribution in [0.25, 0.3) is 0 Å². The first-order chi connectivity index (χ1) is 8.59. The summed E-state index contributed by atoms with van der Waals surface area (Å²) in [6, 6.07) is 3.45. The minimum Gasteiger partial charge on any atom is -0.481 e. The molecule has 0 aliphatic heterocycles. The molecule has 1 heterocycles. The summed E-state index contributed by atoms with van der Waals surface area (Å²) in [4.78, 5) is 25.8. The van der Waals surface area contributed by atoms with E-state index < -0.39 is 5.97 Å². The van der Waals surface area contributed by atoms with Crippen LogP contribution in [0.1, 0.15) is 24.1 Å². The van der Waals surface area contributed by atoms with Gasteiger partial charge < -0.3 is 15.7 Å². The third-order valence-corrected chi connectivity index (χ3v) is 2.39. The molecule has 2 amide bonds. The third kappa shape index (κ3) is 5.29. The fourth-order valence-electron chi connectivity index (χ4n) is 1.37. The molecular formula is C12H17N3O3. The Bertz CT molecular complexity index is 421. The van der Waals surface area contributed by atoms with Crippen molar-refractivity contribution < 1.29 is 14.7 Å². The number of hydrogen-bond acceptors (Lipinski definition) is 3. The van der Waals surface area contributed by atoms with Gasteiger partial charge in [0.05, 0.1) is 12.2 Å². The highest BCUT2D eigenvalue weighted by Gasteiger charge is 2.03. The van der Waals surface area contributed by atoms with Crippen LogP contribution in [0.4, 0.5) is 4.79 Å². The predicted octanol–water partition coefficient (Wildman–Crippen LogP) is 1.05. The van der Waals surface area contributed by atoms with Gasteiger partial charge in [-0.1, -0.05) is 6.07 Å². The maximum atomic E-state index is 11.4. The number of urea groups is 1. The average molecular weight is 251 g/mol. The van der Waals surface area contributed by atoms with Crippen molar-refractivity contribution in [2.45, 2.75) is 26.3 Å². The Morgan fingerprint density at radius 1 is 1.39 bits per heavy atom. The monoisotopic (exact) mass is 251 g/mol. The lowest BCUT2D eigenvalue weighted by Gasteiger charge is -2.08. The van der Waals surface area contributed by atoms with Gasteiger partial charge in [0.1, 0.15) is 0 Å². The van der Waals surface area contributed by atoms with E-state index in [1.54, 1.807) is 6.20 Å². The lowest BCUT2D eigenvalue weighted by molar-refractivity contribution is -0.137. The second-order valence-corrected chi connectivity index (χ2v) is 3.87. The van der Waals surface area contributed by atoms with Gasteiger partial charge in [-0.2, -0.15) is 0 Å². The second kappa shape index (κ2) is 7.26. The number of carbonyl (C=O) groups is 2. The number of aliphatic carboxylic acids is 1. The third-order valence-electron chi connectivity index (χ3n) is 2.39. The molecule has 0 radical (unpaired) electrons. The predicted molar refractivity (Wildman–Crippen MR) is 66.1 cm³/mol. The average Bonchev–Trinajstić information content (AvgIpc) is 2.33. The number of carboxylic acid groups (broad SMARTS) is 1. The molecule has 18 heavy (non-hydrogen) atoms. The van der Waals surface area contributed by atoms with Crippen molar-refractivity contribution in [2.24, 2.45) is 0 Å². The molecule has 98 valence electrons. The van der Waals surface area contributed by atoms with Crippen LogP contribution in [-0.4, -0.2) is 28.6 Å². The number of rotatable bonds is 6. The summed E-state index contributed by atoms with van der Waals surface area (Å²) in [6.07, 6.45) is 2.15. The quantitative estimate of drug-likeness (QED) is 0.659. The van der Waals surface area contributed by atoms with Gasteiger partial charge in [0, 0.05) is 19.2 Å². The zero-order chi connectivity index (χ0) is 13.4. The van der Waals surface area contributed by atoms with Crippen LogP contribution < -0.4 is 10.6 Å². The first kappa shape index (κ1) is 14.0. The Hall–Kier alpha value is -2.11. The smallest absolute Gasteiger partial charge is 0.315 e. The Kier molecular flexibility index (Phi) is 5.63. The van der Waals surface area contributed by atoms with Gasteiger partial charge in [-0.05, 0) is 25.0 Å². The van der Waals surface area contributed by atoms with Crippen LogP contribution >= 0.6 is 0 Å². The summed E-state index contributed by atoms with van der Waals surface area (Å²) < 4.78 is 0. The highest BCUT2D eigenvalue weighted by Crippen LogP contribution is 2.01. The molecule has 0 unspecified atom stereocenters. The molecule has 0 aromatic carbocycles. The summed E-state index contributed by atoms with van der Waals surface area (Å²) in [5, 5.41) is 13.7. The molecule has 0 atom stereocenters. The largest absolute Gasteiger partial charge is 0.481 e. The molecule has 1 aromatic heterocycles. The first-order valence-corrected chi connectivity index (χ1v) is 5.73. The van der Waals surface area contributed by atoms with E-state index in [0.29, 0.717) is 19.5 Å². The van der Waals surface area contributed by atoms with E-state index in [0.717, 1.165) is 11.3 Å². The number of hydrogen-bond donors (Lipinski definition) is 3. The number of nitrogens with one attached hydrogen (secondary N) is 2. The molecule has 1 aromatic rings. The normalized spacial score (nSPS) is 9.83. The molecule has 0 bridgehead atoms. The number of aromatic nitrogens is 1. The van der Waals surface area contributed by atoms with E-state index in [4.69, 9.17) is 5.11 Å². The van der Waals surface area contributed by atoms with Crippen LogP contribution in [-0.2, 0) is 11.3 Å². The lowest BCUT2D eigenvalue weighted by Crippen LogP contribution is -2.36. The van der Waals surface area contributed by atoms with Crippen molar-refractivity contribution in [3.05, 3.63) is 29.6 Å². The molecule has 3 N–H and O–H groups in total. The molecule has 6 nitrogen and oxygen atoms in total. The number of pyridine rings is 1. The van der Waals surface area contributed by atoms with Gasteiger partial charge in [0.15, 0.2) is 0 Å². The van der Waals surface area contributed by atoms with Gasteiger partial charge >= 0.3 is 12.0 Å². The van der Waals surface area contributed by atoms with Crippen LogP contribution in [0.5, 0.6) is 0 Å². The molecule has 0 fully saturated rings. The standard InChI is InChI=1S/C12H17N3O3/c1-9-4-2-6-13-10(9)8-15-12(18)14-7-3-5-11(16)17/h2,4,6H,3,5,7-8H2,1H3,(H,16,17)(H2,14,15,18). The molecule has 1 rings (SSSR count). The summed E-state index contributed by atoms with van der Waals surface area (Å²) in [5.74, 6) is -0.860. The summed E-state index contributed by atoms with van der Waals surface area (Å²) in [5.41, 5.74) is 1.84. The minimum absolute atomic E-state index is 0.0552. The van der Waals surface area contributed by atoms with E-state index in [9.17, 15) is 9.59 Å². The first-order valence-electron chi connectivity index (χ1n) is 5.73. The van der Waals surface area contributed by atoms with E-state index in [1.807, 2.05) is 19.1 Å². The van der Waals surface area contributed by atoms with Crippen molar-refractivity contribution in [1.29, 1.82) is 0 Å². The fourth-order valence-corrected chi connectivity index (χ4v) is 1.37. The van der Waals surface area contributed by atoms with E-state index in [2.05, 4.69) is 15.6 Å². The van der Waals surface area contributed by atoms with Crippen LogP contribution in [0, 0.1) is 6.92 Å². The maximum Gasteiger partial charge on any atom is 0.315 e. The van der Waals surface area contributed by atoms with E-state index in [1.165, 1.54) is 0 Å². The van der Waals surface area contributed by atoms with Crippen molar-refractivity contribution in [1.82, 2.24) is 15.6 Å². The number of aryl methyl sites for hydroxylation is 1.